The Kier molecular flexibility index (Phi) is 7.76. The molecule has 0 atom stereocenters. The maximum Gasteiger partial charge on any atom is 0.255 e. The van der Waals surface area contributed by atoms with E-state index in [1.165, 1.54) is 50.9 Å². The second-order valence-corrected chi connectivity index (χ2v) is 10.4. The normalized spacial score (nSPS) is 24.8. The van der Waals surface area contributed by atoms with Gasteiger partial charge in [0.1, 0.15) is 5.75 Å². The van der Waals surface area contributed by atoms with Gasteiger partial charge in [0.25, 0.3) is 5.91 Å². The van der Waals surface area contributed by atoms with Crippen molar-refractivity contribution in [2.24, 2.45) is 5.92 Å². The minimum Gasteiger partial charge on any atom is -0.496 e. The third-order valence-electron chi connectivity index (χ3n) is 7.85. The number of hydrogen-bond acceptors (Lipinski definition) is 4. The summed E-state index contributed by atoms with van der Waals surface area (Å²) in [5.74, 6) is 1.69. The number of aryl methyl sites for hydroxylation is 1. The predicted molar refractivity (Wildman–Crippen MR) is 146 cm³/mol. The van der Waals surface area contributed by atoms with Crippen LogP contribution in [0.25, 0.3) is 5.57 Å². The van der Waals surface area contributed by atoms with Gasteiger partial charge in [0, 0.05) is 37.6 Å². The molecule has 1 amide bonds. The van der Waals surface area contributed by atoms with Gasteiger partial charge in [-0.05, 0) is 98.2 Å². The minimum absolute atomic E-state index is 0.0146. The Balaban J connectivity index is 1.30. The molecule has 0 spiro atoms. The summed E-state index contributed by atoms with van der Waals surface area (Å²) in [6.45, 7) is 8.10. The Bertz CT molecular complexity index is 1110. The van der Waals surface area contributed by atoms with Gasteiger partial charge in [0.2, 0.25) is 0 Å². The van der Waals surface area contributed by atoms with Crippen LogP contribution in [0, 0.1) is 5.92 Å². The summed E-state index contributed by atoms with van der Waals surface area (Å²) in [6, 6.07) is 6.20. The molecule has 0 unspecified atom stereocenters. The van der Waals surface area contributed by atoms with Crippen molar-refractivity contribution in [3.05, 3.63) is 83.4 Å². The summed E-state index contributed by atoms with van der Waals surface area (Å²) in [5, 5.41) is 0. The zero-order valence-electron chi connectivity index (χ0n) is 21.8. The van der Waals surface area contributed by atoms with Crippen LogP contribution in [0.2, 0.25) is 0 Å². The molecule has 36 heavy (non-hydrogen) atoms. The van der Waals surface area contributed by atoms with E-state index < -0.39 is 0 Å². The fourth-order valence-electron chi connectivity index (χ4n) is 5.82. The van der Waals surface area contributed by atoms with E-state index in [-0.39, 0.29) is 5.91 Å². The first-order valence-corrected chi connectivity index (χ1v) is 13.6. The lowest BCUT2D eigenvalue weighted by Gasteiger charge is -2.37. The van der Waals surface area contributed by atoms with Crippen LogP contribution in [0.15, 0.2) is 72.2 Å². The van der Waals surface area contributed by atoms with E-state index in [0.717, 1.165) is 60.1 Å². The third-order valence-corrected chi connectivity index (χ3v) is 7.85. The van der Waals surface area contributed by atoms with Crippen LogP contribution >= 0.6 is 0 Å². The Hall–Kier alpha value is -3.05. The molecule has 0 saturated carbocycles. The van der Waals surface area contributed by atoms with E-state index in [1.54, 1.807) is 18.1 Å². The molecular weight excluding hydrogens is 446 g/mol. The van der Waals surface area contributed by atoms with Gasteiger partial charge in [-0.25, -0.2) is 0 Å². The molecule has 0 radical (unpaired) electrons. The Labute approximate surface area is 216 Å². The first-order chi connectivity index (χ1) is 17.6. The number of ether oxygens (including phenoxy) is 1. The van der Waals surface area contributed by atoms with Crippen molar-refractivity contribution < 1.29 is 9.53 Å². The van der Waals surface area contributed by atoms with Crippen LogP contribution in [0.5, 0.6) is 5.75 Å². The average molecular weight is 486 g/mol. The van der Waals surface area contributed by atoms with E-state index in [4.69, 9.17) is 4.74 Å². The zero-order valence-corrected chi connectivity index (χ0v) is 21.8. The number of carbonyl (C=O) groups excluding carboxylic acids is 1. The molecule has 4 aliphatic rings. The number of hydrogen-bond donors (Lipinski definition) is 0. The molecule has 2 saturated heterocycles. The topological polar surface area (TPSA) is 36.0 Å². The van der Waals surface area contributed by atoms with Gasteiger partial charge in [-0.1, -0.05) is 31.6 Å². The molecule has 190 valence electrons. The molecule has 4 aliphatic heterocycles. The molecular formula is C31H39N3O2. The maximum absolute atomic E-state index is 13.4. The molecule has 5 heteroatoms. The summed E-state index contributed by atoms with van der Waals surface area (Å²) >= 11 is 0. The molecule has 4 heterocycles. The number of benzene rings is 1. The van der Waals surface area contributed by atoms with Crippen molar-refractivity contribution in [2.75, 3.05) is 39.8 Å². The molecule has 2 fully saturated rings. The van der Waals surface area contributed by atoms with E-state index in [0.29, 0.717) is 0 Å². The lowest BCUT2D eigenvalue weighted by atomic mass is 9.95. The van der Waals surface area contributed by atoms with Crippen LogP contribution in [-0.4, -0.2) is 60.4 Å². The smallest absolute Gasteiger partial charge is 0.255 e. The highest BCUT2D eigenvalue weighted by Gasteiger charge is 2.26. The third kappa shape index (κ3) is 5.52. The van der Waals surface area contributed by atoms with Crippen molar-refractivity contribution in [2.45, 2.75) is 45.4 Å². The SMILES string of the molecule is CCCc1cc(C2=C\C(=O)N3C=C(N4CCC(CN5CCCC5)CC4)C=C\C3=C/C=C/2)ccc1OC. The Morgan fingerprint density at radius 1 is 1.00 bits per heavy atom. The predicted octanol–water partition coefficient (Wildman–Crippen LogP) is 5.53. The Morgan fingerprint density at radius 2 is 1.78 bits per heavy atom. The van der Waals surface area contributed by atoms with Gasteiger partial charge < -0.3 is 14.5 Å². The van der Waals surface area contributed by atoms with Crippen LogP contribution in [0.4, 0.5) is 0 Å². The van der Waals surface area contributed by atoms with Gasteiger partial charge in [0.15, 0.2) is 0 Å². The van der Waals surface area contributed by atoms with Crippen molar-refractivity contribution in [3.8, 4) is 5.75 Å². The Morgan fingerprint density at radius 3 is 2.53 bits per heavy atom. The van der Waals surface area contributed by atoms with Crippen LogP contribution < -0.4 is 4.74 Å². The minimum atomic E-state index is -0.0146. The van der Waals surface area contributed by atoms with E-state index in [1.807, 2.05) is 36.6 Å². The summed E-state index contributed by atoms with van der Waals surface area (Å²) in [5.41, 5.74) is 5.17. The van der Waals surface area contributed by atoms with Crippen LogP contribution in [0.1, 0.15) is 50.2 Å². The van der Waals surface area contributed by atoms with Crippen molar-refractivity contribution in [3.63, 3.8) is 0 Å². The standard InChI is InChI=1S/C31H39N3O2/c1-3-7-27-20-26(10-13-30(27)36-2)25-8-6-9-28-11-12-29(23-34(28)31(35)21-25)33-18-14-24(15-19-33)22-32-16-4-5-17-32/h6,8-13,20-21,23-24H,3-5,7,14-19,22H2,1-2H3/b8-6+,25-21+,28-9+. The van der Waals surface area contributed by atoms with Gasteiger partial charge >= 0.3 is 0 Å². The highest BCUT2D eigenvalue weighted by Crippen LogP contribution is 2.30. The molecule has 0 bridgehead atoms. The lowest BCUT2D eigenvalue weighted by Crippen LogP contribution is -2.38. The molecule has 1 aromatic carbocycles. The summed E-state index contributed by atoms with van der Waals surface area (Å²) < 4.78 is 5.54. The number of carbonyl (C=O) groups is 1. The molecule has 0 N–H and O–H groups in total. The molecule has 0 aliphatic carbocycles. The molecule has 1 aromatic rings. The van der Waals surface area contributed by atoms with Crippen LogP contribution in [-0.2, 0) is 11.2 Å². The fraction of sp³-hybridized carbons (Fsp3) is 0.452. The number of allylic oxidation sites excluding steroid dienone is 6. The fourth-order valence-corrected chi connectivity index (χ4v) is 5.82. The van der Waals surface area contributed by atoms with E-state index >= 15 is 0 Å². The zero-order chi connectivity index (χ0) is 24.9. The number of rotatable bonds is 7. The van der Waals surface area contributed by atoms with Gasteiger partial charge in [-0.2, -0.15) is 0 Å². The number of amides is 1. The average Bonchev–Trinajstić information content (AvgIpc) is 3.41. The number of likely N-dealkylation sites (tertiary alicyclic amines) is 2. The van der Waals surface area contributed by atoms with Crippen molar-refractivity contribution in [1.82, 2.24) is 14.7 Å². The number of nitrogens with zero attached hydrogens (tertiary/aromatic N) is 3. The highest BCUT2D eigenvalue weighted by atomic mass is 16.5. The first kappa shape index (κ1) is 24.6. The van der Waals surface area contributed by atoms with Crippen molar-refractivity contribution in [1.29, 1.82) is 0 Å². The molecule has 5 nitrogen and oxygen atoms in total. The summed E-state index contributed by atoms with van der Waals surface area (Å²) in [4.78, 5) is 20.3. The van der Waals surface area contributed by atoms with E-state index in [2.05, 4.69) is 34.9 Å². The second kappa shape index (κ2) is 11.3. The van der Waals surface area contributed by atoms with Crippen LogP contribution in [0.3, 0.4) is 0 Å². The highest BCUT2D eigenvalue weighted by molar-refractivity contribution is 6.00. The largest absolute Gasteiger partial charge is 0.496 e. The second-order valence-electron chi connectivity index (χ2n) is 10.4. The first-order valence-electron chi connectivity index (χ1n) is 13.6. The lowest BCUT2D eigenvalue weighted by molar-refractivity contribution is -0.122. The number of fused-ring (bicyclic) bond motifs is 1. The number of piperidine rings is 1. The van der Waals surface area contributed by atoms with Gasteiger partial charge in [0.05, 0.1) is 12.8 Å². The molecule has 0 aromatic heterocycles. The number of methoxy groups -OCH3 is 1. The maximum atomic E-state index is 13.4. The monoisotopic (exact) mass is 485 g/mol. The summed E-state index contributed by atoms with van der Waals surface area (Å²) in [6.07, 6.45) is 21.3. The van der Waals surface area contributed by atoms with Gasteiger partial charge in [-0.15, -0.1) is 0 Å². The van der Waals surface area contributed by atoms with E-state index in [9.17, 15) is 4.79 Å². The summed E-state index contributed by atoms with van der Waals surface area (Å²) in [7, 11) is 1.71. The van der Waals surface area contributed by atoms with Crippen molar-refractivity contribution >= 4 is 11.5 Å². The molecule has 5 rings (SSSR count). The van der Waals surface area contributed by atoms with Gasteiger partial charge in [-0.3, -0.25) is 9.69 Å². The quantitative estimate of drug-likeness (QED) is 0.509.